The van der Waals surface area contributed by atoms with E-state index in [1.54, 1.807) is 0 Å². The van der Waals surface area contributed by atoms with E-state index in [9.17, 15) is 13.2 Å². The Morgan fingerprint density at radius 2 is 2.12 bits per heavy atom. The molecule has 2 unspecified atom stereocenters. The van der Waals surface area contributed by atoms with Crippen molar-refractivity contribution in [1.29, 1.82) is 0 Å². The Bertz CT molecular complexity index is 914. The number of sulfone groups is 1. The molecule has 1 saturated heterocycles. The second-order valence-corrected chi connectivity index (χ2v) is 9.46. The third kappa shape index (κ3) is 2.73. The Balaban J connectivity index is 1.66. The number of hydrogen-bond acceptors (Lipinski definition) is 3. The molecule has 2 atom stereocenters. The van der Waals surface area contributed by atoms with Crippen LogP contribution in [-0.4, -0.2) is 36.9 Å². The number of para-hydroxylation sites is 1. The number of aryl methyl sites for hydroxylation is 1. The second kappa shape index (κ2) is 5.62. The zero-order valence-corrected chi connectivity index (χ0v) is 14.6. The highest BCUT2D eigenvalue weighted by Gasteiger charge is 2.30. The molecule has 0 bridgehead atoms. The number of H-pyrrole nitrogens is 1. The highest BCUT2D eigenvalue weighted by Crippen LogP contribution is 2.33. The van der Waals surface area contributed by atoms with E-state index in [0.717, 1.165) is 23.7 Å². The Morgan fingerprint density at radius 1 is 1.29 bits per heavy atom. The molecule has 2 aromatic rings. The Morgan fingerprint density at radius 3 is 2.88 bits per heavy atom. The van der Waals surface area contributed by atoms with Gasteiger partial charge in [-0.3, -0.25) is 4.79 Å². The summed E-state index contributed by atoms with van der Waals surface area (Å²) in [6, 6.07) is 5.52. The minimum atomic E-state index is -3.00. The summed E-state index contributed by atoms with van der Waals surface area (Å²) in [5.74, 6) is 0.691. The van der Waals surface area contributed by atoms with Crippen LogP contribution in [0.4, 0.5) is 0 Å². The van der Waals surface area contributed by atoms with Crippen LogP contribution in [0.3, 0.4) is 0 Å². The predicted octanol–water partition coefficient (Wildman–Crippen LogP) is 2.21. The number of aromatic amines is 1. The van der Waals surface area contributed by atoms with Gasteiger partial charge in [0.05, 0.1) is 22.6 Å². The van der Waals surface area contributed by atoms with Crippen molar-refractivity contribution in [2.24, 2.45) is 5.92 Å². The fourth-order valence-electron chi connectivity index (χ4n) is 3.98. The lowest BCUT2D eigenvalue weighted by atomic mass is 9.87. The molecule has 2 aliphatic rings. The Hall–Kier alpha value is -1.82. The molecule has 24 heavy (non-hydrogen) atoms. The Kier molecular flexibility index (Phi) is 3.67. The maximum Gasteiger partial charge on any atom is 0.253 e. The fraction of sp³-hybridized carbons (Fsp3) is 0.500. The van der Waals surface area contributed by atoms with E-state index in [1.807, 2.05) is 12.1 Å². The van der Waals surface area contributed by atoms with Gasteiger partial charge in [-0.1, -0.05) is 19.1 Å². The second-order valence-electron chi connectivity index (χ2n) is 7.23. The Labute approximate surface area is 141 Å². The molecule has 0 saturated carbocycles. The molecule has 1 aliphatic heterocycles. The molecule has 5 nitrogen and oxygen atoms in total. The van der Waals surface area contributed by atoms with Crippen LogP contribution in [0.25, 0.3) is 10.9 Å². The zero-order chi connectivity index (χ0) is 16.9. The van der Waals surface area contributed by atoms with E-state index in [-0.39, 0.29) is 23.5 Å². The van der Waals surface area contributed by atoms with Crippen molar-refractivity contribution in [3.63, 3.8) is 0 Å². The van der Waals surface area contributed by atoms with Gasteiger partial charge in [0, 0.05) is 17.1 Å². The summed E-state index contributed by atoms with van der Waals surface area (Å²) in [5, 5.41) is 4.02. The summed E-state index contributed by atoms with van der Waals surface area (Å²) in [7, 11) is -3.00. The third-order valence-corrected chi connectivity index (χ3v) is 7.05. The van der Waals surface area contributed by atoms with Crippen LogP contribution in [0, 0.1) is 5.92 Å². The van der Waals surface area contributed by atoms with Gasteiger partial charge in [0.15, 0.2) is 9.84 Å². The van der Waals surface area contributed by atoms with E-state index in [1.165, 1.54) is 17.7 Å². The minimum absolute atomic E-state index is 0.0491. The summed E-state index contributed by atoms with van der Waals surface area (Å²) < 4.78 is 23.2. The average molecular weight is 346 g/mol. The van der Waals surface area contributed by atoms with Gasteiger partial charge in [-0.05, 0) is 43.2 Å². The van der Waals surface area contributed by atoms with E-state index in [4.69, 9.17) is 0 Å². The van der Waals surface area contributed by atoms with Crippen LogP contribution in [-0.2, 0) is 22.7 Å². The van der Waals surface area contributed by atoms with Crippen LogP contribution in [0.15, 0.2) is 18.2 Å². The van der Waals surface area contributed by atoms with Gasteiger partial charge in [-0.25, -0.2) is 8.42 Å². The standard InChI is InChI=1S/C18H22N2O3S/c1-11-5-6-16-15(9-11)13-3-2-4-14(17(13)20-16)18(21)19-12-7-8-24(22,23)10-12/h2-4,11-12,20H,5-10H2,1H3,(H,19,21). The number of carbonyl (C=O) groups is 1. The lowest BCUT2D eigenvalue weighted by Crippen LogP contribution is -2.35. The lowest BCUT2D eigenvalue weighted by Gasteiger charge is -2.17. The number of benzene rings is 1. The number of carbonyl (C=O) groups excluding carboxylic acids is 1. The SMILES string of the molecule is CC1CCc2[nH]c3c(C(=O)NC4CCS(=O)(=O)C4)cccc3c2C1. The van der Waals surface area contributed by atoms with Gasteiger partial charge < -0.3 is 10.3 Å². The molecular weight excluding hydrogens is 324 g/mol. The van der Waals surface area contributed by atoms with Crippen LogP contribution in [0.1, 0.15) is 41.4 Å². The van der Waals surface area contributed by atoms with Crippen molar-refractivity contribution in [1.82, 2.24) is 10.3 Å². The van der Waals surface area contributed by atoms with E-state index in [0.29, 0.717) is 17.9 Å². The first-order chi connectivity index (χ1) is 11.4. The average Bonchev–Trinajstić information content (AvgIpc) is 3.06. The van der Waals surface area contributed by atoms with Gasteiger partial charge in [0.1, 0.15) is 0 Å². The zero-order valence-electron chi connectivity index (χ0n) is 13.8. The first-order valence-electron chi connectivity index (χ1n) is 8.56. The van der Waals surface area contributed by atoms with E-state index in [2.05, 4.69) is 23.3 Å². The smallest absolute Gasteiger partial charge is 0.253 e. The molecule has 0 spiro atoms. The topological polar surface area (TPSA) is 79.0 Å². The first kappa shape index (κ1) is 15.7. The van der Waals surface area contributed by atoms with Crippen LogP contribution < -0.4 is 5.32 Å². The highest BCUT2D eigenvalue weighted by molar-refractivity contribution is 7.91. The number of hydrogen-bond donors (Lipinski definition) is 2. The number of nitrogens with one attached hydrogen (secondary N) is 2. The molecule has 2 heterocycles. The van der Waals surface area contributed by atoms with Gasteiger partial charge in [0.25, 0.3) is 5.91 Å². The summed E-state index contributed by atoms with van der Waals surface area (Å²) in [6.45, 7) is 2.26. The van der Waals surface area contributed by atoms with Crippen molar-refractivity contribution in [2.45, 2.75) is 38.6 Å². The number of aromatic nitrogens is 1. The summed E-state index contributed by atoms with van der Waals surface area (Å²) in [5.41, 5.74) is 4.07. The molecule has 1 fully saturated rings. The van der Waals surface area contributed by atoms with Gasteiger partial charge in [-0.15, -0.1) is 0 Å². The van der Waals surface area contributed by atoms with Crippen molar-refractivity contribution < 1.29 is 13.2 Å². The van der Waals surface area contributed by atoms with Crippen LogP contribution >= 0.6 is 0 Å². The predicted molar refractivity (Wildman–Crippen MR) is 94.0 cm³/mol. The molecule has 1 amide bonds. The summed E-state index contributed by atoms with van der Waals surface area (Å²) in [4.78, 5) is 16.1. The summed E-state index contributed by atoms with van der Waals surface area (Å²) >= 11 is 0. The maximum absolute atomic E-state index is 12.7. The largest absolute Gasteiger partial charge is 0.358 e. The van der Waals surface area contributed by atoms with Crippen molar-refractivity contribution in [2.75, 3.05) is 11.5 Å². The third-order valence-electron chi connectivity index (χ3n) is 5.28. The number of amides is 1. The minimum Gasteiger partial charge on any atom is -0.358 e. The monoisotopic (exact) mass is 346 g/mol. The molecule has 2 N–H and O–H groups in total. The molecule has 0 radical (unpaired) electrons. The fourth-order valence-corrected chi connectivity index (χ4v) is 5.65. The van der Waals surface area contributed by atoms with Gasteiger partial charge >= 0.3 is 0 Å². The van der Waals surface area contributed by atoms with Gasteiger partial charge in [-0.2, -0.15) is 0 Å². The maximum atomic E-state index is 12.7. The van der Waals surface area contributed by atoms with Crippen molar-refractivity contribution in [3.05, 3.63) is 35.0 Å². The molecule has 6 heteroatoms. The lowest BCUT2D eigenvalue weighted by molar-refractivity contribution is 0.0942. The molecule has 1 aliphatic carbocycles. The van der Waals surface area contributed by atoms with Crippen molar-refractivity contribution in [3.8, 4) is 0 Å². The normalized spacial score (nSPS) is 25.5. The number of rotatable bonds is 2. The van der Waals surface area contributed by atoms with Crippen LogP contribution in [0.2, 0.25) is 0 Å². The molecule has 1 aromatic carbocycles. The highest BCUT2D eigenvalue weighted by atomic mass is 32.2. The molecule has 4 rings (SSSR count). The van der Waals surface area contributed by atoms with Crippen molar-refractivity contribution >= 4 is 26.6 Å². The summed E-state index contributed by atoms with van der Waals surface area (Å²) in [6.07, 6.45) is 3.73. The quantitative estimate of drug-likeness (QED) is 0.875. The molecular formula is C18H22N2O3S. The number of fused-ring (bicyclic) bond motifs is 3. The van der Waals surface area contributed by atoms with Gasteiger partial charge in [0.2, 0.25) is 0 Å². The van der Waals surface area contributed by atoms with Crippen LogP contribution in [0.5, 0.6) is 0 Å². The molecule has 1 aromatic heterocycles. The van der Waals surface area contributed by atoms with E-state index >= 15 is 0 Å². The first-order valence-corrected chi connectivity index (χ1v) is 10.4. The molecule has 128 valence electrons. The van der Waals surface area contributed by atoms with E-state index < -0.39 is 9.84 Å².